The van der Waals surface area contributed by atoms with E-state index < -0.39 is 6.16 Å². The maximum atomic E-state index is 12.6. The van der Waals surface area contributed by atoms with Gasteiger partial charge in [0.15, 0.2) is 0 Å². The Labute approximate surface area is 152 Å². The summed E-state index contributed by atoms with van der Waals surface area (Å²) < 4.78 is 14.5. The fraction of sp³-hybridized carbons (Fsp3) is 0.500. The molecular formula is C18H24N2O6. The zero-order valence-electron chi connectivity index (χ0n) is 15.0. The molecule has 1 saturated heterocycles. The molecule has 0 saturated carbocycles. The number of methoxy groups -OCH3 is 1. The van der Waals surface area contributed by atoms with Crippen molar-refractivity contribution >= 4 is 18.0 Å². The second-order valence-electron chi connectivity index (χ2n) is 5.88. The number of nitrogens with zero attached hydrogens (tertiary/aromatic N) is 1. The first-order valence-electron chi connectivity index (χ1n) is 8.55. The molecule has 1 fully saturated rings. The number of hydrogen-bond acceptors (Lipinski definition) is 6. The van der Waals surface area contributed by atoms with Gasteiger partial charge in [-0.05, 0) is 44.0 Å². The second kappa shape index (κ2) is 9.76. The minimum Gasteiger partial charge on any atom is -0.434 e. The molecule has 1 aromatic rings. The molecule has 26 heavy (non-hydrogen) atoms. The molecule has 0 radical (unpaired) electrons. The third-order valence-corrected chi connectivity index (χ3v) is 3.99. The molecule has 8 nitrogen and oxygen atoms in total. The number of carbonyl (C=O) groups excluding carboxylic acids is 3. The number of rotatable bonds is 6. The van der Waals surface area contributed by atoms with E-state index in [1.807, 2.05) is 0 Å². The van der Waals surface area contributed by atoms with Crippen molar-refractivity contribution in [1.82, 2.24) is 10.2 Å². The summed E-state index contributed by atoms with van der Waals surface area (Å²) in [4.78, 5) is 37.1. The minimum atomic E-state index is -0.774. The first kappa shape index (κ1) is 19.7. The number of benzene rings is 1. The number of nitrogens with one attached hydrogen (secondary N) is 1. The lowest BCUT2D eigenvalue weighted by atomic mass is 10.0. The van der Waals surface area contributed by atoms with Gasteiger partial charge in [0.1, 0.15) is 12.4 Å². The molecule has 0 unspecified atom stereocenters. The highest BCUT2D eigenvalue weighted by Gasteiger charge is 2.24. The number of ether oxygens (including phenoxy) is 3. The van der Waals surface area contributed by atoms with Gasteiger partial charge >= 0.3 is 6.16 Å². The van der Waals surface area contributed by atoms with Gasteiger partial charge < -0.3 is 24.4 Å². The lowest BCUT2D eigenvalue weighted by Crippen LogP contribution is -2.47. The summed E-state index contributed by atoms with van der Waals surface area (Å²) in [5, 5.41) is 2.89. The first-order chi connectivity index (χ1) is 12.5. The van der Waals surface area contributed by atoms with Gasteiger partial charge in [-0.15, -0.1) is 0 Å². The van der Waals surface area contributed by atoms with E-state index in [0.717, 1.165) is 0 Å². The third kappa shape index (κ3) is 5.73. The molecule has 2 rings (SSSR count). The van der Waals surface area contributed by atoms with Crippen molar-refractivity contribution in [2.24, 2.45) is 0 Å². The van der Waals surface area contributed by atoms with Gasteiger partial charge in [0.05, 0.1) is 6.61 Å². The van der Waals surface area contributed by atoms with E-state index in [2.05, 4.69) is 5.32 Å². The van der Waals surface area contributed by atoms with E-state index in [-0.39, 0.29) is 31.1 Å². The Hall–Kier alpha value is -2.61. The van der Waals surface area contributed by atoms with Crippen molar-refractivity contribution in [3.8, 4) is 5.75 Å². The maximum absolute atomic E-state index is 12.6. The largest absolute Gasteiger partial charge is 0.513 e. The van der Waals surface area contributed by atoms with E-state index >= 15 is 0 Å². The molecule has 1 aromatic carbocycles. The van der Waals surface area contributed by atoms with Crippen LogP contribution in [0.5, 0.6) is 5.75 Å². The molecule has 2 amide bonds. The zero-order valence-corrected chi connectivity index (χ0v) is 15.0. The summed E-state index contributed by atoms with van der Waals surface area (Å²) in [6.07, 6.45) is 0.625. The topological polar surface area (TPSA) is 94.2 Å². The molecule has 0 spiro atoms. The maximum Gasteiger partial charge on any atom is 0.513 e. The number of hydrogen-bond donors (Lipinski definition) is 1. The van der Waals surface area contributed by atoms with Gasteiger partial charge in [-0.25, -0.2) is 4.79 Å². The number of carbonyl (C=O) groups is 3. The van der Waals surface area contributed by atoms with E-state index in [1.165, 1.54) is 7.11 Å². The molecule has 1 heterocycles. The highest BCUT2D eigenvalue weighted by Crippen LogP contribution is 2.17. The number of amides is 2. The predicted molar refractivity (Wildman–Crippen MR) is 93.0 cm³/mol. The average molecular weight is 364 g/mol. The van der Waals surface area contributed by atoms with Gasteiger partial charge in [-0.3, -0.25) is 9.59 Å². The molecular weight excluding hydrogens is 340 g/mol. The van der Waals surface area contributed by atoms with E-state index in [9.17, 15) is 14.4 Å². The van der Waals surface area contributed by atoms with Crippen LogP contribution < -0.4 is 10.1 Å². The molecule has 1 N–H and O–H groups in total. The van der Waals surface area contributed by atoms with Gasteiger partial charge in [0.2, 0.25) is 5.91 Å². The molecule has 1 aliphatic heterocycles. The molecule has 0 aliphatic carbocycles. The second-order valence-corrected chi connectivity index (χ2v) is 5.88. The average Bonchev–Trinajstić information content (AvgIpc) is 2.63. The fourth-order valence-corrected chi connectivity index (χ4v) is 2.72. The standard InChI is InChI=1S/C18H24N2O6/c1-3-25-18(23)26-15-6-4-13(5-7-15)17(22)20-10-8-14(9-11-20)19-16(21)12-24-2/h4-7,14H,3,8-12H2,1-2H3,(H,19,21). The number of piperidine rings is 1. The van der Waals surface area contributed by atoms with E-state index in [4.69, 9.17) is 14.2 Å². The van der Waals surface area contributed by atoms with Crippen molar-refractivity contribution in [3.63, 3.8) is 0 Å². The Bertz CT molecular complexity index is 623. The summed E-state index contributed by atoms with van der Waals surface area (Å²) in [5.41, 5.74) is 0.517. The Morgan fingerprint density at radius 1 is 1.15 bits per heavy atom. The van der Waals surface area contributed by atoms with Crippen LogP contribution in [-0.2, 0) is 14.3 Å². The summed E-state index contributed by atoms with van der Waals surface area (Å²) >= 11 is 0. The third-order valence-electron chi connectivity index (χ3n) is 3.99. The van der Waals surface area contributed by atoms with Crippen molar-refractivity contribution in [2.45, 2.75) is 25.8 Å². The van der Waals surface area contributed by atoms with Crippen LogP contribution in [0.1, 0.15) is 30.1 Å². The highest BCUT2D eigenvalue weighted by atomic mass is 16.7. The number of likely N-dealkylation sites (tertiary alicyclic amines) is 1. The SMILES string of the molecule is CCOC(=O)Oc1ccc(C(=O)N2CCC(NC(=O)COC)CC2)cc1. The minimum absolute atomic E-state index is 0.0410. The Morgan fingerprint density at radius 3 is 2.38 bits per heavy atom. The summed E-state index contributed by atoms with van der Waals surface area (Å²) in [6, 6.07) is 6.40. The normalized spacial score (nSPS) is 14.6. The van der Waals surface area contributed by atoms with Gasteiger partial charge in [0.25, 0.3) is 5.91 Å². The van der Waals surface area contributed by atoms with Crippen LogP contribution in [0.4, 0.5) is 4.79 Å². The van der Waals surface area contributed by atoms with E-state index in [0.29, 0.717) is 37.2 Å². The Kier molecular flexibility index (Phi) is 7.40. The lowest BCUT2D eigenvalue weighted by molar-refractivity contribution is -0.125. The van der Waals surface area contributed by atoms with Crippen molar-refractivity contribution in [2.75, 3.05) is 33.4 Å². The quantitative estimate of drug-likeness (QED) is 0.608. The van der Waals surface area contributed by atoms with Crippen molar-refractivity contribution in [1.29, 1.82) is 0 Å². The van der Waals surface area contributed by atoms with Gasteiger partial charge in [0, 0.05) is 31.8 Å². The van der Waals surface area contributed by atoms with Crippen LogP contribution >= 0.6 is 0 Å². The summed E-state index contributed by atoms with van der Waals surface area (Å²) in [7, 11) is 1.48. The van der Waals surface area contributed by atoms with Crippen LogP contribution in [0.2, 0.25) is 0 Å². The molecule has 0 atom stereocenters. The zero-order chi connectivity index (χ0) is 18.9. The van der Waals surface area contributed by atoms with Gasteiger partial charge in [-0.1, -0.05) is 0 Å². The van der Waals surface area contributed by atoms with Crippen molar-refractivity contribution in [3.05, 3.63) is 29.8 Å². The Balaban J connectivity index is 1.84. The smallest absolute Gasteiger partial charge is 0.434 e. The van der Waals surface area contributed by atoms with Crippen LogP contribution in [0.3, 0.4) is 0 Å². The molecule has 1 aliphatic rings. The fourth-order valence-electron chi connectivity index (χ4n) is 2.72. The van der Waals surface area contributed by atoms with E-state index in [1.54, 1.807) is 36.1 Å². The molecule has 8 heteroatoms. The highest BCUT2D eigenvalue weighted by molar-refractivity contribution is 5.94. The molecule has 0 aromatic heterocycles. The summed E-state index contributed by atoms with van der Waals surface area (Å²) in [5.74, 6) is 0.0865. The van der Waals surface area contributed by atoms with Crippen LogP contribution in [0.15, 0.2) is 24.3 Å². The Morgan fingerprint density at radius 2 is 1.81 bits per heavy atom. The van der Waals surface area contributed by atoms with Crippen LogP contribution in [0.25, 0.3) is 0 Å². The predicted octanol–water partition coefficient (Wildman–Crippen LogP) is 1.59. The van der Waals surface area contributed by atoms with Gasteiger partial charge in [-0.2, -0.15) is 0 Å². The first-order valence-corrected chi connectivity index (χ1v) is 8.55. The molecule has 142 valence electrons. The lowest BCUT2D eigenvalue weighted by Gasteiger charge is -2.32. The summed E-state index contributed by atoms with van der Waals surface area (Å²) in [6.45, 7) is 3.10. The molecule has 0 bridgehead atoms. The van der Waals surface area contributed by atoms with Crippen molar-refractivity contribution < 1.29 is 28.6 Å². The van der Waals surface area contributed by atoms with Crippen LogP contribution in [-0.4, -0.2) is 62.3 Å². The van der Waals surface area contributed by atoms with Crippen LogP contribution in [0, 0.1) is 0 Å². The monoisotopic (exact) mass is 364 g/mol.